The maximum Gasteiger partial charge on any atom is 0.295 e. The summed E-state index contributed by atoms with van der Waals surface area (Å²) in [6.45, 7) is 5.73. The van der Waals surface area contributed by atoms with Gasteiger partial charge in [-0.15, -0.1) is 0 Å². The lowest BCUT2D eigenvalue weighted by Crippen LogP contribution is -2.28. The molecule has 1 saturated heterocycles. The zero-order valence-corrected chi connectivity index (χ0v) is 16.6. The van der Waals surface area contributed by atoms with Crippen molar-refractivity contribution in [3.63, 3.8) is 0 Å². The van der Waals surface area contributed by atoms with Gasteiger partial charge in [0.05, 0.1) is 5.69 Å². The van der Waals surface area contributed by atoms with Crippen LogP contribution in [0, 0.1) is 5.82 Å². The first-order chi connectivity index (χ1) is 13.9. The van der Waals surface area contributed by atoms with Gasteiger partial charge in [-0.05, 0) is 56.5 Å². The van der Waals surface area contributed by atoms with Gasteiger partial charge in [-0.3, -0.25) is 18.6 Å². The summed E-state index contributed by atoms with van der Waals surface area (Å²) in [6.07, 6.45) is 7.31. The van der Waals surface area contributed by atoms with Crippen molar-refractivity contribution < 1.29 is 9.18 Å². The highest BCUT2D eigenvalue weighted by Crippen LogP contribution is 2.20. The Morgan fingerprint density at radius 1 is 1.14 bits per heavy atom. The number of aromatic nitrogens is 3. The van der Waals surface area contributed by atoms with Gasteiger partial charge in [0.15, 0.2) is 0 Å². The molecule has 1 fully saturated rings. The predicted octanol–water partition coefficient (Wildman–Crippen LogP) is 3.50. The van der Waals surface area contributed by atoms with E-state index >= 15 is 0 Å². The Bertz CT molecular complexity index is 1150. The van der Waals surface area contributed by atoms with Crippen LogP contribution in [0.25, 0.3) is 16.9 Å². The largest absolute Gasteiger partial charge is 0.337 e. The normalized spacial score (nSPS) is 13.8. The highest BCUT2D eigenvalue weighted by molar-refractivity contribution is 5.93. The Morgan fingerprint density at radius 3 is 2.48 bits per heavy atom. The molecule has 1 aromatic carbocycles. The fourth-order valence-corrected chi connectivity index (χ4v) is 3.57. The molecule has 0 aliphatic carbocycles. The van der Waals surface area contributed by atoms with E-state index in [0.29, 0.717) is 17.8 Å². The molecule has 7 heteroatoms. The molecule has 150 valence electrons. The molecular weight excluding hydrogens is 371 g/mol. The Morgan fingerprint density at radius 2 is 1.83 bits per heavy atom. The van der Waals surface area contributed by atoms with Gasteiger partial charge in [-0.1, -0.05) is 11.6 Å². The first kappa shape index (κ1) is 19.1. The third-order valence-electron chi connectivity index (χ3n) is 5.16. The van der Waals surface area contributed by atoms with E-state index in [9.17, 15) is 14.0 Å². The fraction of sp³-hybridized carbons (Fsp3) is 0.318. The molecule has 0 bridgehead atoms. The number of carbonyl (C=O) groups excluding carboxylic acids is 1. The molecule has 1 aliphatic rings. The number of imidazole rings is 1. The van der Waals surface area contributed by atoms with Gasteiger partial charge in [-0.2, -0.15) is 0 Å². The van der Waals surface area contributed by atoms with Crippen LogP contribution in [0.15, 0.2) is 53.1 Å². The molecule has 3 heterocycles. The molecule has 0 saturated carbocycles. The maximum absolute atomic E-state index is 13.4. The van der Waals surface area contributed by atoms with Gasteiger partial charge in [0.25, 0.3) is 11.5 Å². The number of hydrogen-bond acceptors (Lipinski definition) is 3. The molecule has 6 nitrogen and oxygen atoms in total. The second-order valence-electron chi connectivity index (χ2n) is 7.57. The van der Waals surface area contributed by atoms with E-state index in [1.807, 2.05) is 19.9 Å². The molecular formula is C22H23FN4O2. The van der Waals surface area contributed by atoms with Crippen molar-refractivity contribution in [2.24, 2.45) is 0 Å². The number of allylic oxidation sites excluding steroid dienone is 2. The second kappa shape index (κ2) is 7.66. The van der Waals surface area contributed by atoms with Crippen molar-refractivity contribution in [3.8, 4) is 11.3 Å². The smallest absolute Gasteiger partial charge is 0.295 e. The molecule has 2 aromatic heterocycles. The van der Waals surface area contributed by atoms with Crippen LogP contribution in [0.5, 0.6) is 0 Å². The zero-order valence-electron chi connectivity index (χ0n) is 16.6. The number of nitrogens with zero attached hydrogens (tertiary/aromatic N) is 4. The number of benzene rings is 1. The number of fused-ring (bicyclic) bond motifs is 1. The number of halogens is 1. The second-order valence-corrected chi connectivity index (χ2v) is 7.57. The number of rotatable bonds is 4. The van der Waals surface area contributed by atoms with Crippen molar-refractivity contribution in [3.05, 3.63) is 70.2 Å². The first-order valence-electron chi connectivity index (χ1n) is 9.75. The third-order valence-corrected chi connectivity index (χ3v) is 5.16. The summed E-state index contributed by atoms with van der Waals surface area (Å²) in [5.41, 5.74) is 2.63. The molecule has 0 atom stereocenters. The van der Waals surface area contributed by atoms with E-state index in [1.165, 1.54) is 12.1 Å². The van der Waals surface area contributed by atoms with Crippen molar-refractivity contribution in [2.45, 2.75) is 33.2 Å². The van der Waals surface area contributed by atoms with Crippen LogP contribution in [-0.2, 0) is 6.54 Å². The Labute approximate surface area is 167 Å². The summed E-state index contributed by atoms with van der Waals surface area (Å²) in [6, 6.07) is 6.02. The minimum atomic E-state index is -0.339. The first-order valence-corrected chi connectivity index (χ1v) is 9.75. The fourth-order valence-electron chi connectivity index (χ4n) is 3.57. The molecule has 0 radical (unpaired) electrons. The van der Waals surface area contributed by atoms with Crippen LogP contribution >= 0.6 is 0 Å². The summed E-state index contributed by atoms with van der Waals surface area (Å²) < 4.78 is 16.6. The van der Waals surface area contributed by atoms with Crippen LogP contribution in [-0.4, -0.2) is 37.8 Å². The molecule has 0 N–H and O–H groups in total. The van der Waals surface area contributed by atoms with Crippen LogP contribution in [0.1, 0.15) is 37.2 Å². The number of carbonyl (C=O) groups is 1. The van der Waals surface area contributed by atoms with E-state index in [-0.39, 0.29) is 28.6 Å². The highest BCUT2D eigenvalue weighted by atomic mass is 19.1. The molecule has 1 amide bonds. The topological polar surface area (TPSA) is 59.6 Å². The van der Waals surface area contributed by atoms with E-state index in [2.05, 4.69) is 4.98 Å². The van der Waals surface area contributed by atoms with Gasteiger partial charge in [-0.25, -0.2) is 9.37 Å². The van der Waals surface area contributed by atoms with Crippen molar-refractivity contribution >= 4 is 11.6 Å². The number of hydrogen-bond donors (Lipinski definition) is 0. The van der Waals surface area contributed by atoms with Crippen molar-refractivity contribution in [2.75, 3.05) is 13.1 Å². The molecule has 1 aliphatic heterocycles. The minimum Gasteiger partial charge on any atom is -0.337 e. The van der Waals surface area contributed by atoms with Crippen LogP contribution in [0.3, 0.4) is 0 Å². The van der Waals surface area contributed by atoms with E-state index in [4.69, 9.17) is 0 Å². The molecule has 0 unspecified atom stereocenters. The predicted molar refractivity (Wildman–Crippen MR) is 109 cm³/mol. The van der Waals surface area contributed by atoms with Crippen LogP contribution < -0.4 is 5.56 Å². The lowest BCUT2D eigenvalue weighted by Gasteiger charge is -2.12. The Balaban J connectivity index is 1.86. The van der Waals surface area contributed by atoms with E-state index in [1.54, 1.807) is 38.4 Å². The van der Waals surface area contributed by atoms with Gasteiger partial charge < -0.3 is 4.90 Å². The van der Waals surface area contributed by atoms with E-state index < -0.39 is 0 Å². The van der Waals surface area contributed by atoms with Crippen molar-refractivity contribution in [1.82, 2.24) is 18.9 Å². The van der Waals surface area contributed by atoms with Crippen LogP contribution in [0.4, 0.5) is 4.39 Å². The van der Waals surface area contributed by atoms with Gasteiger partial charge >= 0.3 is 0 Å². The Kier molecular flexibility index (Phi) is 5.05. The van der Waals surface area contributed by atoms with Gasteiger partial charge in [0.1, 0.15) is 11.5 Å². The molecule has 4 rings (SSSR count). The summed E-state index contributed by atoms with van der Waals surface area (Å²) in [5.74, 6) is -0.487. The average Bonchev–Trinajstić information content (AvgIpc) is 3.37. The Hall–Kier alpha value is -3.22. The maximum atomic E-state index is 13.4. The monoisotopic (exact) mass is 394 g/mol. The van der Waals surface area contributed by atoms with Gasteiger partial charge in [0, 0.05) is 32.0 Å². The third kappa shape index (κ3) is 3.72. The SMILES string of the molecule is CC(C)=CCn1c(-c2ccc(F)cc2)cn2cc(C(=O)N3CCCC3)nc2c1=O. The lowest BCUT2D eigenvalue weighted by molar-refractivity contribution is 0.0787. The molecule has 29 heavy (non-hydrogen) atoms. The van der Waals surface area contributed by atoms with E-state index in [0.717, 1.165) is 31.5 Å². The summed E-state index contributed by atoms with van der Waals surface area (Å²) in [4.78, 5) is 32.0. The summed E-state index contributed by atoms with van der Waals surface area (Å²) >= 11 is 0. The quantitative estimate of drug-likeness (QED) is 0.637. The lowest BCUT2D eigenvalue weighted by atomic mass is 10.1. The zero-order chi connectivity index (χ0) is 20.5. The standard InChI is InChI=1S/C22H23FN4O2/c1-15(2)9-12-27-19(16-5-7-17(23)8-6-16)14-26-13-18(24-20(26)22(27)29)21(28)25-10-3-4-11-25/h5-9,13-14H,3-4,10-12H2,1-2H3. The van der Waals surface area contributed by atoms with Gasteiger partial charge in [0.2, 0.25) is 5.65 Å². The number of likely N-dealkylation sites (tertiary alicyclic amines) is 1. The number of amides is 1. The molecule has 0 spiro atoms. The summed E-state index contributed by atoms with van der Waals surface area (Å²) in [7, 11) is 0. The average molecular weight is 394 g/mol. The summed E-state index contributed by atoms with van der Waals surface area (Å²) in [5, 5.41) is 0. The van der Waals surface area contributed by atoms with Crippen molar-refractivity contribution in [1.29, 1.82) is 0 Å². The minimum absolute atomic E-state index is 0.148. The highest BCUT2D eigenvalue weighted by Gasteiger charge is 2.23. The van der Waals surface area contributed by atoms with Crippen LogP contribution in [0.2, 0.25) is 0 Å². The molecule has 3 aromatic rings.